The van der Waals surface area contributed by atoms with E-state index in [4.69, 9.17) is 37.9 Å². The van der Waals surface area contributed by atoms with Crippen molar-refractivity contribution in [1.82, 2.24) is 0 Å². The number of carbonyl (C=O) groups is 1. The van der Waals surface area contributed by atoms with E-state index in [1.807, 2.05) is 0 Å². The number of rotatable bonds is 12. The zero-order valence-corrected chi connectivity index (χ0v) is 36.0. The molecule has 4 saturated heterocycles. The van der Waals surface area contributed by atoms with Crippen molar-refractivity contribution in [3.8, 4) is 0 Å². The lowest BCUT2D eigenvalue weighted by molar-refractivity contribution is -0.376. The van der Waals surface area contributed by atoms with Gasteiger partial charge < -0.3 is 99.2 Å². The molecule has 0 aromatic heterocycles. The first-order valence-corrected chi connectivity index (χ1v) is 22.8. The molecule has 23 atom stereocenters. The molecule has 3 aliphatic carbocycles. The molecule has 380 valence electrons. The number of halogens is 3. The summed E-state index contributed by atoms with van der Waals surface area (Å²) in [4.78, 5) is 12.5. The summed E-state index contributed by atoms with van der Waals surface area (Å²) in [6.07, 6.45) is -31.4. The molecule has 7 aliphatic rings. The van der Waals surface area contributed by atoms with Crippen LogP contribution in [0.5, 0.6) is 0 Å². The Morgan fingerprint density at radius 2 is 1.27 bits per heavy atom. The Bertz CT molecular complexity index is 1590. The minimum Gasteiger partial charge on any atom is -0.460 e. The molecule has 0 aromatic rings. The number of esters is 1. The second-order valence-corrected chi connectivity index (χ2v) is 19.0. The van der Waals surface area contributed by atoms with E-state index >= 15 is 0 Å². The highest BCUT2D eigenvalue weighted by atomic mass is 19.4. The van der Waals surface area contributed by atoms with Gasteiger partial charge in [0.25, 0.3) is 0 Å². The van der Waals surface area contributed by atoms with Crippen LogP contribution in [0.15, 0.2) is 12.2 Å². The van der Waals surface area contributed by atoms with E-state index in [1.54, 1.807) is 0 Å². The minimum absolute atomic E-state index is 0.0518. The molecular formula is C42H65F3O21. The van der Waals surface area contributed by atoms with Crippen LogP contribution in [0, 0.1) is 23.7 Å². The fourth-order valence-electron chi connectivity index (χ4n) is 10.4. The van der Waals surface area contributed by atoms with Crippen molar-refractivity contribution >= 4 is 5.97 Å². The number of alkyl halides is 3. The predicted octanol–water partition coefficient (Wildman–Crippen LogP) is -3.25. The molecule has 12 N–H and O–H groups in total. The van der Waals surface area contributed by atoms with Gasteiger partial charge in [-0.15, -0.1) is 0 Å². The average molecular weight is 963 g/mol. The first-order valence-electron chi connectivity index (χ1n) is 22.8. The van der Waals surface area contributed by atoms with Gasteiger partial charge in [-0.1, -0.05) is 6.08 Å². The Balaban J connectivity index is 1.04. The number of aliphatic hydroxyl groups excluding tert-OH is 12. The first-order chi connectivity index (χ1) is 31.2. The molecule has 0 aromatic carbocycles. The van der Waals surface area contributed by atoms with Crippen LogP contribution in [0.2, 0.25) is 0 Å². The van der Waals surface area contributed by atoms with E-state index < -0.39 is 178 Å². The van der Waals surface area contributed by atoms with Crippen LogP contribution in [0.1, 0.15) is 64.2 Å². The summed E-state index contributed by atoms with van der Waals surface area (Å²) in [7, 11) is 0. The van der Waals surface area contributed by atoms with Gasteiger partial charge in [0.15, 0.2) is 18.9 Å². The molecule has 7 fully saturated rings. The third kappa shape index (κ3) is 12.0. The van der Waals surface area contributed by atoms with Crippen molar-refractivity contribution in [2.24, 2.45) is 23.7 Å². The Hall–Kier alpha value is -1.76. The number of hydrogen-bond donors (Lipinski definition) is 12. The van der Waals surface area contributed by atoms with Gasteiger partial charge in [0.05, 0.1) is 61.9 Å². The summed E-state index contributed by atoms with van der Waals surface area (Å²) in [6.45, 7) is -1.87. The molecule has 24 heteroatoms. The van der Waals surface area contributed by atoms with E-state index in [1.165, 1.54) is 6.08 Å². The zero-order valence-electron chi connectivity index (χ0n) is 36.0. The van der Waals surface area contributed by atoms with Gasteiger partial charge in [0.2, 0.25) is 0 Å². The number of aliphatic hydroxyl groups is 12. The minimum atomic E-state index is -4.29. The third-order valence-corrected chi connectivity index (χ3v) is 14.4. The van der Waals surface area contributed by atoms with Crippen LogP contribution in [0.4, 0.5) is 13.2 Å². The maximum Gasteiger partial charge on any atom is 0.391 e. The van der Waals surface area contributed by atoms with Crippen molar-refractivity contribution in [1.29, 1.82) is 0 Å². The molecule has 23 unspecified atom stereocenters. The predicted molar refractivity (Wildman–Crippen MR) is 210 cm³/mol. The number of allylic oxidation sites excluding steroid dienone is 1. The molecule has 66 heavy (non-hydrogen) atoms. The Morgan fingerprint density at radius 1 is 0.606 bits per heavy atom. The number of hydrogen-bond acceptors (Lipinski definition) is 21. The summed E-state index contributed by atoms with van der Waals surface area (Å²) >= 11 is 0. The highest BCUT2D eigenvalue weighted by Crippen LogP contribution is 2.44. The maximum absolute atomic E-state index is 13.0. The SMILES string of the molecule is O=C(C=CC1CCC(C(F)(F)F)CC1)OCC1OC(OCC2OC(OC3CC4C(O)CC(O)CC4OC3C3CCC(O)C(O)C3)C(OC3OCC(O)C(O)C3O)C(O)C2O)C(O)C(O)C1O. The number of ether oxygens (including phenoxy) is 8. The van der Waals surface area contributed by atoms with E-state index in [0.29, 0.717) is 6.42 Å². The second kappa shape index (κ2) is 22.1. The molecule has 21 nitrogen and oxygen atoms in total. The van der Waals surface area contributed by atoms with E-state index in [-0.39, 0.29) is 63.7 Å². The first kappa shape index (κ1) is 52.1. The van der Waals surface area contributed by atoms with E-state index in [9.17, 15) is 79.2 Å². The van der Waals surface area contributed by atoms with Gasteiger partial charge in [-0.2, -0.15) is 13.2 Å². The number of carbonyl (C=O) groups excluding carboxylic acids is 1. The van der Waals surface area contributed by atoms with Gasteiger partial charge in [-0.3, -0.25) is 0 Å². The highest BCUT2D eigenvalue weighted by Gasteiger charge is 2.55. The van der Waals surface area contributed by atoms with E-state index in [0.717, 1.165) is 6.08 Å². The summed E-state index contributed by atoms with van der Waals surface area (Å²) < 4.78 is 86.3. The van der Waals surface area contributed by atoms with Crippen molar-refractivity contribution in [3.63, 3.8) is 0 Å². The summed E-state index contributed by atoms with van der Waals surface area (Å²) in [5.74, 6) is -3.59. The van der Waals surface area contributed by atoms with Gasteiger partial charge in [-0.25, -0.2) is 4.79 Å². The third-order valence-electron chi connectivity index (χ3n) is 14.4. The number of fused-ring (bicyclic) bond motifs is 1. The Labute approximate surface area is 377 Å². The maximum atomic E-state index is 13.0. The molecule has 0 amide bonds. The summed E-state index contributed by atoms with van der Waals surface area (Å²) in [5, 5.41) is 129. The van der Waals surface area contributed by atoms with E-state index in [2.05, 4.69) is 0 Å². The van der Waals surface area contributed by atoms with Crippen LogP contribution < -0.4 is 0 Å². The largest absolute Gasteiger partial charge is 0.460 e. The molecule has 0 spiro atoms. The fraction of sp³-hybridized carbons (Fsp3) is 0.929. The lowest BCUT2D eigenvalue weighted by Gasteiger charge is -2.51. The van der Waals surface area contributed by atoms with Crippen LogP contribution in [-0.4, -0.2) is 222 Å². The molecular weight excluding hydrogens is 897 g/mol. The van der Waals surface area contributed by atoms with Crippen molar-refractivity contribution < 1.29 is 117 Å². The smallest absolute Gasteiger partial charge is 0.391 e. The Morgan fingerprint density at radius 3 is 1.97 bits per heavy atom. The molecule has 3 saturated carbocycles. The second-order valence-electron chi connectivity index (χ2n) is 19.0. The Kier molecular flexibility index (Phi) is 17.5. The van der Waals surface area contributed by atoms with Gasteiger partial charge in [0.1, 0.15) is 73.8 Å². The zero-order chi connectivity index (χ0) is 47.8. The van der Waals surface area contributed by atoms with Crippen LogP contribution in [0.25, 0.3) is 0 Å². The van der Waals surface area contributed by atoms with Gasteiger partial charge in [0, 0.05) is 12.0 Å². The lowest BCUT2D eigenvalue weighted by Crippen LogP contribution is -2.65. The standard InChI is InChI=1S/C42H65F3O21/c43-42(44,45)18-5-1-16(2-6-18)3-8-29(51)59-14-27-31(53)33(55)36(58)39(64-27)61-15-28-32(54)34(56)38(66-40-35(57)30(52)24(50)13-60-40)41(65-28)63-26-12-20-22(48)10-19(46)11-25(20)62-37(26)17-4-7-21(47)23(49)9-17/h3,8,16-28,30-41,46-50,52-58H,1-2,4-7,9-15H2. The van der Waals surface area contributed by atoms with Crippen LogP contribution >= 0.6 is 0 Å². The van der Waals surface area contributed by atoms with Gasteiger partial charge >= 0.3 is 12.1 Å². The van der Waals surface area contributed by atoms with Crippen molar-refractivity contribution in [2.75, 3.05) is 19.8 Å². The van der Waals surface area contributed by atoms with Crippen LogP contribution in [-0.2, 0) is 42.7 Å². The summed E-state index contributed by atoms with van der Waals surface area (Å²) in [6, 6.07) is 0. The fourth-order valence-corrected chi connectivity index (χ4v) is 10.4. The molecule has 7 rings (SSSR count). The topological polar surface area (TPSA) is 334 Å². The van der Waals surface area contributed by atoms with Crippen LogP contribution in [0.3, 0.4) is 0 Å². The average Bonchev–Trinajstić information content (AvgIpc) is 3.27. The molecule has 0 bridgehead atoms. The quantitative estimate of drug-likeness (QED) is 0.0675. The van der Waals surface area contributed by atoms with Crippen molar-refractivity contribution in [3.05, 3.63) is 12.2 Å². The molecule has 4 aliphatic heterocycles. The van der Waals surface area contributed by atoms with Crippen molar-refractivity contribution in [2.45, 2.75) is 199 Å². The highest BCUT2D eigenvalue weighted by molar-refractivity contribution is 5.81. The lowest BCUT2D eigenvalue weighted by atomic mass is 9.72. The normalized spacial score (nSPS) is 49.6. The monoisotopic (exact) mass is 962 g/mol. The molecule has 4 heterocycles. The molecule has 0 radical (unpaired) electrons. The van der Waals surface area contributed by atoms with Gasteiger partial charge in [-0.05, 0) is 76.0 Å². The summed E-state index contributed by atoms with van der Waals surface area (Å²) in [5.41, 5.74) is 0.